The highest BCUT2D eigenvalue weighted by Crippen LogP contribution is 2.28. The van der Waals surface area contributed by atoms with Gasteiger partial charge in [-0.25, -0.2) is 5.43 Å². The van der Waals surface area contributed by atoms with Gasteiger partial charge in [0.1, 0.15) is 0 Å². The molecule has 0 aliphatic heterocycles. The van der Waals surface area contributed by atoms with Crippen LogP contribution in [0.5, 0.6) is 0 Å². The molecular formula is C25H19ClN5O3S-. The lowest BCUT2D eigenvalue weighted by Crippen LogP contribution is -2.22. The normalized spacial score (nSPS) is 11.0. The Morgan fingerprint density at radius 3 is 2.37 bits per heavy atom. The van der Waals surface area contributed by atoms with Gasteiger partial charge in [0.15, 0.2) is 11.0 Å². The second kappa shape index (κ2) is 11.0. The molecule has 1 heterocycles. The van der Waals surface area contributed by atoms with Gasteiger partial charge in [0.05, 0.1) is 17.9 Å². The quantitative estimate of drug-likeness (QED) is 0.223. The van der Waals surface area contributed by atoms with E-state index in [1.165, 1.54) is 30.1 Å². The van der Waals surface area contributed by atoms with Crippen LogP contribution in [0, 0.1) is 6.92 Å². The van der Waals surface area contributed by atoms with Gasteiger partial charge in [-0.3, -0.25) is 9.36 Å². The summed E-state index contributed by atoms with van der Waals surface area (Å²) in [4.78, 5) is 23.2. The topological polar surface area (TPSA) is 112 Å². The zero-order chi connectivity index (χ0) is 24.8. The number of halogens is 1. The maximum absolute atomic E-state index is 12.4. The first-order chi connectivity index (χ1) is 16.9. The summed E-state index contributed by atoms with van der Waals surface area (Å²) in [6, 6.07) is 21.2. The number of hydrogen-bond donors (Lipinski definition) is 1. The molecule has 0 spiro atoms. The van der Waals surface area contributed by atoms with Crippen molar-refractivity contribution in [1.29, 1.82) is 0 Å². The smallest absolute Gasteiger partial charge is 0.250 e. The Morgan fingerprint density at radius 2 is 1.71 bits per heavy atom. The van der Waals surface area contributed by atoms with E-state index in [9.17, 15) is 14.7 Å². The Kier molecular flexibility index (Phi) is 7.59. The van der Waals surface area contributed by atoms with Gasteiger partial charge in [-0.15, -0.1) is 10.2 Å². The summed E-state index contributed by atoms with van der Waals surface area (Å²) >= 11 is 7.26. The predicted octanol–water partition coefficient (Wildman–Crippen LogP) is 3.50. The summed E-state index contributed by atoms with van der Waals surface area (Å²) in [5.41, 5.74) is 5.99. The molecule has 1 aromatic heterocycles. The molecule has 4 rings (SSSR count). The Morgan fingerprint density at radius 1 is 1.03 bits per heavy atom. The fourth-order valence-corrected chi connectivity index (χ4v) is 3.99. The zero-order valence-electron chi connectivity index (χ0n) is 18.5. The van der Waals surface area contributed by atoms with Crippen LogP contribution in [0.1, 0.15) is 21.5 Å². The number of carbonyl (C=O) groups is 2. The molecule has 0 radical (unpaired) electrons. The van der Waals surface area contributed by atoms with Gasteiger partial charge in [-0.2, -0.15) is 5.10 Å². The molecule has 4 aromatic rings. The summed E-state index contributed by atoms with van der Waals surface area (Å²) in [5.74, 6) is -0.891. The molecule has 3 aromatic carbocycles. The fraction of sp³-hybridized carbons (Fsp3) is 0.0800. The lowest BCUT2D eigenvalue weighted by atomic mass is 10.1. The van der Waals surface area contributed by atoms with Crippen molar-refractivity contribution in [3.8, 4) is 17.1 Å². The molecule has 0 bridgehead atoms. The number of nitrogens with zero attached hydrogens (tertiary/aromatic N) is 4. The molecule has 0 atom stereocenters. The Hall–Kier alpha value is -3.95. The minimum atomic E-state index is -1.25. The molecule has 176 valence electrons. The third-order valence-corrected chi connectivity index (χ3v) is 6.09. The van der Waals surface area contributed by atoms with Crippen LogP contribution in [0.25, 0.3) is 17.1 Å². The molecule has 0 saturated heterocycles. The number of carbonyl (C=O) groups excluding carboxylic acids is 2. The minimum Gasteiger partial charge on any atom is -0.545 e. The molecule has 10 heteroatoms. The lowest BCUT2D eigenvalue weighted by Gasteiger charge is -2.10. The number of aromatic nitrogens is 3. The maximum atomic E-state index is 12.4. The number of aromatic carboxylic acids is 1. The van der Waals surface area contributed by atoms with Gasteiger partial charge < -0.3 is 9.90 Å². The van der Waals surface area contributed by atoms with Crippen molar-refractivity contribution in [1.82, 2.24) is 20.2 Å². The largest absolute Gasteiger partial charge is 0.545 e. The van der Waals surface area contributed by atoms with Crippen LogP contribution in [0.4, 0.5) is 0 Å². The van der Waals surface area contributed by atoms with Crippen LogP contribution in [-0.4, -0.2) is 38.6 Å². The summed E-state index contributed by atoms with van der Waals surface area (Å²) in [6.07, 6.45) is 1.43. The van der Waals surface area contributed by atoms with E-state index in [0.717, 1.165) is 16.8 Å². The van der Waals surface area contributed by atoms with Gasteiger partial charge in [0.2, 0.25) is 0 Å². The summed E-state index contributed by atoms with van der Waals surface area (Å²) in [7, 11) is 0. The van der Waals surface area contributed by atoms with E-state index < -0.39 is 5.97 Å². The van der Waals surface area contributed by atoms with Gasteiger partial charge >= 0.3 is 0 Å². The maximum Gasteiger partial charge on any atom is 0.250 e. The van der Waals surface area contributed by atoms with Crippen molar-refractivity contribution in [3.63, 3.8) is 0 Å². The zero-order valence-corrected chi connectivity index (χ0v) is 20.1. The standard InChI is InChI=1S/C25H20ClN5O3S/c1-16-2-12-21(13-3-16)31-23(18-8-10-20(26)11-9-18)29-30-25(31)35-15-22(32)28-27-14-17-4-6-19(7-5-17)24(33)34/h2-14H,15H2,1H3,(H,28,32)(H,33,34)/p-1/b27-14-. The van der Waals surface area contributed by atoms with Crippen LogP contribution in [-0.2, 0) is 4.79 Å². The third-order valence-electron chi connectivity index (χ3n) is 4.91. The Bertz CT molecular complexity index is 1370. The van der Waals surface area contributed by atoms with Crippen molar-refractivity contribution >= 4 is 41.5 Å². The molecule has 0 aliphatic carbocycles. The first-order valence-electron chi connectivity index (χ1n) is 10.5. The monoisotopic (exact) mass is 504 g/mol. The average Bonchev–Trinajstić information content (AvgIpc) is 3.28. The van der Waals surface area contributed by atoms with E-state index >= 15 is 0 Å². The number of nitrogens with one attached hydrogen (secondary N) is 1. The SMILES string of the molecule is Cc1ccc(-n2c(SCC(=O)N/N=C\c3ccc(C(=O)[O-])cc3)nnc2-c2ccc(Cl)cc2)cc1. The van der Waals surface area contributed by atoms with Crippen molar-refractivity contribution < 1.29 is 14.7 Å². The highest BCUT2D eigenvalue weighted by molar-refractivity contribution is 7.99. The number of hydrazone groups is 1. The summed E-state index contributed by atoms with van der Waals surface area (Å²) < 4.78 is 1.89. The first kappa shape index (κ1) is 24.2. The van der Waals surface area contributed by atoms with Crippen LogP contribution in [0.15, 0.2) is 83.1 Å². The van der Waals surface area contributed by atoms with Crippen LogP contribution in [0.3, 0.4) is 0 Å². The number of amides is 1. The number of carboxylic acid groups (broad SMARTS) is 1. The van der Waals surface area contributed by atoms with Crippen LogP contribution in [0.2, 0.25) is 5.02 Å². The lowest BCUT2D eigenvalue weighted by molar-refractivity contribution is -0.255. The van der Waals surface area contributed by atoms with Crippen molar-refractivity contribution in [2.75, 3.05) is 5.75 Å². The van der Waals surface area contributed by atoms with Gasteiger partial charge in [-0.1, -0.05) is 65.3 Å². The van der Waals surface area contributed by atoms with E-state index in [1.807, 2.05) is 47.9 Å². The molecule has 1 N–H and O–H groups in total. The number of benzene rings is 3. The van der Waals surface area contributed by atoms with E-state index in [1.54, 1.807) is 24.3 Å². The average molecular weight is 505 g/mol. The number of hydrogen-bond acceptors (Lipinski definition) is 7. The van der Waals surface area contributed by atoms with E-state index in [0.29, 0.717) is 21.6 Å². The second-order valence-electron chi connectivity index (χ2n) is 7.48. The Labute approximate surface area is 210 Å². The van der Waals surface area contributed by atoms with E-state index in [2.05, 4.69) is 20.7 Å². The van der Waals surface area contributed by atoms with Crippen LogP contribution >= 0.6 is 23.4 Å². The molecule has 0 aliphatic rings. The number of rotatable bonds is 8. The van der Waals surface area contributed by atoms with Crippen molar-refractivity contribution in [3.05, 3.63) is 94.5 Å². The molecule has 8 nitrogen and oxygen atoms in total. The number of aryl methyl sites for hydroxylation is 1. The molecule has 1 amide bonds. The molecule has 0 fully saturated rings. The molecule has 35 heavy (non-hydrogen) atoms. The summed E-state index contributed by atoms with van der Waals surface area (Å²) in [5, 5.41) is 24.6. The highest BCUT2D eigenvalue weighted by atomic mass is 35.5. The predicted molar refractivity (Wildman–Crippen MR) is 134 cm³/mol. The van der Waals surface area contributed by atoms with E-state index in [-0.39, 0.29) is 17.2 Å². The van der Waals surface area contributed by atoms with Gasteiger partial charge in [-0.05, 0) is 54.4 Å². The van der Waals surface area contributed by atoms with Gasteiger partial charge in [0.25, 0.3) is 5.91 Å². The van der Waals surface area contributed by atoms with Crippen molar-refractivity contribution in [2.24, 2.45) is 5.10 Å². The van der Waals surface area contributed by atoms with Gasteiger partial charge in [0, 0.05) is 16.3 Å². The Balaban J connectivity index is 1.47. The third kappa shape index (κ3) is 6.14. The fourth-order valence-electron chi connectivity index (χ4n) is 3.12. The minimum absolute atomic E-state index is 0.0611. The number of carboxylic acids is 1. The second-order valence-corrected chi connectivity index (χ2v) is 8.85. The first-order valence-corrected chi connectivity index (χ1v) is 11.8. The molecule has 0 saturated carbocycles. The molecular weight excluding hydrogens is 486 g/mol. The van der Waals surface area contributed by atoms with Crippen LogP contribution < -0.4 is 10.5 Å². The summed E-state index contributed by atoms with van der Waals surface area (Å²) in [6.45, 7) is 2.01. The van der Waals surface area contributed by atoms with Crippen molar-refractivity contribution in [2.45, 2.75) is 12.1 Å². The molecule has 0 unspecified atom stereocenters. The highest BCUT2D eigenvalue weighted by Gasteiger charge is 2.17. The van der Waals surface area contributed by atoms with E-state index in [4.69, 9.17) is 11.6 Å². The number of thioether (sulfide) groups is 1.